The molecule has 6 heteroatoms. The third kappa shape index (κ3) is 5.35. The molecule has 0 aromatic heterocycles. The first-order valence-corrected chi connectivity index (χ1v) is 10.5. The van der Waals surface area contributed by atoms with Crippen LogP contribution in [0.1, 0.15) is 29.0 Å². The molecule has 164 valence electrons. The van der Waals surface area contributed by atoms with Gasteiger partial charge in [-0.1, -0.05) is 66.7 Å². The van der Waals surface area contributed by atoms with Crippen LogP contribution in [0.2, 0.25) is 0 Å². The number of aromatic hydroxyl groups is 1. The standard InChI is InChI=1S/C26H25NO5/c28-16-18-10-12-19(13-11-18)17-31-25-15-21(20-6-2-1-3-7-20)14-24(32-25)26(30)27-22-8-4-5-9-23(22)29/h1-14,21,25,28-29H,15-17H2,(H,27,30)/t21-,25+/m0/s1. The van der Waals surface area contributed by atoms with E-state index in [1.54, 1.807) is 24.3 Å². The molecule has 0 unspecified atom stereocenters. The number of benzene rings is 3. The first-order chi connectivity index (χ1) is 15.6. The molecule has 0 saturated heterocycles. The lowest BCUT2D eigenvalue weighted by molar-refractivity contribution is -0.147. The fourth-order valence-electron chi connectivity index (χ4n) is 3.54. The minimum atomic E-state index is -0.618. The number of aliphatic hydroxyl groups excluding tert-OH is 1. The molecule has 3 N–H and O–H groups in total. The highest BCUT2D eigenvalue weighted by Crippen LogP contribution is 2.32. The summed E-state index contributed by atoms with van der Waals surface area (Å²) in [5, 5.41) is 21.9. The highest BCUT2D eigenvalue weighted by atomic mass is 16.7. The van der Waals surface area contributed by atoms with Gasteiger partial charge in [0.05, 0.1) is 18.9 Å². The van der Waals surface area contributed by atoms with Gasteiger partial charge >= 0.3 is 0 Å². The zero-order chi connectivity index (χ0) is 22.3. The third-order valence-electron chi connectivity index (χ3n) is 5.30. The second-order valence-electron chi connectivity index (χ2n) is 7.59. The fourth-order valence-corrected chi connectivity index (χ4v) is 3.54. The molecule has 32 heavy (non-hydrogen) atoms. The number of hydrogen-bond donors (Lipinski definition) is 3. The van der Waals surface area contributed by atoms with Crippen LogP contribution in [0.25, 0.3) is 0 Å². The van der Waals surface area contributed by atoms with Gasteiger partial charge in [-0.3, -0.25) is 4.79 Å². The number of ether oxygens (including phenoxy) is 2. The number of carbonyl (C=O) groups is 1. The average molecular weight is 431 g/mol. The molecule has 1 amide bonds. The zero-order valence-corrected chi connectivity index (χ0v) is 17.5. The van der Waals surface area contributed by atoms with Gasteiger partial charge in [-0.2, -0.15) is 0 Å². The van der Waals surface area contributed by atoms with Gasteiger partial charge in [0.2, 0.25) is 6.29 Å². The van der Waals surface area contributed by atoms with E-state index in [1.165, 1.54) is 6.07 Å². The number of amides is 1. The van der Waals surface area contributed by atoms with Gasteiger partial charge in [-0.15, -0.1) is 0 Å². The van der Waals surface area contributed by atoms with Crippen molar-refractivity contribution in [2.24, 2.45) is 0 Å². The van der Waals surface area contributed by atoms with E-state index in [0.29, 0.717) is 18.7 Å². The maximum Gasteiger partial charge on any atom is 0.290 e. The molecule has 4 rings (SSSR count). The summed E-state index contributed by atoms with van der Waals surface area (Å²) in [4.78, 5) is 12.9. The van der Waals surface area contributed by atoms with E-state index in [2.05, 4.69) is 5.32 Å². The van der Waals surface area contributed by atoms with E-state index in [1.807, 2.05) is 54.6 Å². The number of phenolic OH excluding ortho intramolecular Hbond substituents is 1. The Balaban J connectivity index is 1.50. The van der Waals surface area contributed by atoms with Gasteiger partial charge in [-0.05, 0) is 34.9 Å². The first-order valence-electron chi connectivity index (χ1n) is 10.5. The second kappa shape index (κ2) is 10.1. The molecule has 0 fully saturated rings. The van der Waals surface area contributed by atoms with Gasteiger partial charge in [-0.25, -0.2) is 0 Å². The minimum absolute atomic E-state index is 0.00807. The number of para-hydroxylation sites is 2. The van der Waals surface area contributed by atoms with E-state index >= 15 is 0 Å². The number of anilines is 1. The van der Waals surface area contributed by atoms with Crippen LogP contribution in [0.3, 0.4) is 0 Å². The van der Waals surface area contributed by atoms with Crippen LogP contribution < -0.4 is 5.32 Å². The summed E-state index contributed by atoms with van der Waals surface area (Å²) in [5.74, 6) is -0.380. The highest BCUT2D eigenvalue weighted by molar-refractivity contribution is 6.03. The molecule has 2 atom stereocenters. The zero-order valence-electron chi connectivity index (χ0n) is 17.5. The maximum atomic E-state index is 12.9. The van der Waals surface area contributed by atoms with E-state index in [4.69, 9.17) is 9.47 Å². The van der Waals surface area contributed by atoms with E-state index in [-0.39, 0.29) is 24.0 Å². The Kier molecular flexibility index (Phi) is 6.84. The molecular weight excluding hydrogens is 406 g/mol. The molecular formula is C26H25NO5. The highest BCUT2D eigenvalue weighted by Gasteiger charge is 2.29. The van der Waals surface area contributed by atoms with Crippen molar-refractivity contribution in [3.8, 4) is 5.75 Å². The van der Waals surface area contributed by atoms with Crippen LogP contribution in [0, 0.1) is 0 Å². The van der Waals surface area contributed by atoms with Crippen molar-refractivity contribution in [1.29, 1.82) is 0 Å². The maximum absolute atomic E-state index is 12.9. The Morgan fingerprint density at radius 3 is 2.38 bits per heavy atom. The number of phenols is 1. The average Bonchev–Trinajstić information content (AvgIpc) is 2.85. The Morgan fingerprint density at radius 1 is 0.969 bits per heavy atom. The quantitative estimate of drug-likeness (QED) is 0.481. The summed E-state index contributed by atoms with van der Waals surface area (Å²) in [6, 6.07) is 23.9. The Morgan fingerprint density at radius 2 is 1.66 bits per heavy atom. The van der Waals surface area contributed by atoms with Crippen molar-refractivity contribution in [2.45, 2.75) is 31.8 Å². The molecule has 0 spiro atoms. The van der Waals surface area contributed by atoms with Crippen LogP contribution in [0.4, 0.5) is 5.69 Å². The van der Waals surface area contributed by atoms with Crippen molar-refractivity contribution in [3.63, 3.8) is 0 Å². The topological polar surface area (TPSA) is 88.0 Å². The first kappa shape index (κ1) is 21.6. The predicted octanol–water partition coefficient (Wildman–Crippen LogP) is 4.45. The minimum Gasteiger partial charge on any atom is -0.506 e. The van der Waals surface area contributed by atoms with Crippen molar-refractivity contribution in [3.05, 3.63) is 107 Å². The Labute approximate surface area is 186 Å². The van der Waals surface area contributed by atoms with Crippen molar-refractivity contribution in [1.82, 2.24) is 0 Å². The third-order valence-corrected chi connectivity index (χ3v) is 5.30. The number of rotatable bonds is 7. The molecule has 1 aliphatic rings. The largest absolute Gasteiger partial charge is 0.506 e. The Hall–Kier alpha value is -3.61. The van der Waals surface area contributed by atoms with Gasteiger partial charge in [0.25, 0.3) is 5.91 Å². The van der Waals surface area contributed by atoms with Crippen LogP contribution >= 0.6 is 0 Å². The van der Waals surface area contributed by atoms with Crippen LogP contribution in [0.15, 0.2) is 90.7 Å². The monoisotopic (exact) mass is 431 g/mol. The van der Waals surface area contributed by atoms with E-state index in [9.17, 15) is 15.0 Å². The summed E-state index contributed by atoms with van der Waals surface area (Å²) in [7, 11) is 0. The molecule has 0 aliphatic carbocycles. The van der Waals surface area contributed by atoms with Gasteiger partial charge < -0.3 is 25.0 Å². The lowest BCUT2D eigenvalue weighted by atomic mass is 9.93. The summed E-state index contributed by atoms with van der Waals surface area (Å²) in [5.41, 5.74) is 3.14. The van der Waals surface area contributed by atoms with Crippen LogP contribution in [-0.2, 0) is 27.5 Å². The number of aliphatic hydroxyl groups is 1. The number of hydrogen-bond acceptors (Lipinski definition) is 5. The van der Waals surface area contributed by atoms with Crippen LogP contribution in [-0.4, -0.2) is 22.4 Å². The van der Waals surface area contributed by atoms with Crippen molar-refractivity contribution >= 4 is 11.6 Å². The molecule has 0 radical (unpaired) electrons. The lowest BCUT2D eigenvalue weighted by Crippen LogP contribution is -2.29. The van der Waals surface area contributed by atoms with Gasteiger partial charge in [0.15, 0.2) is 5.76 Å². The molecule has 6 nitrogen and oxygen atoms in total. The molecule has 1 aliphatic heterocycles. The van der Waals surface area contributed by atoms with Gasteiger partial charge in [0, 0.05) is 12.3 Å². The van der Waals surface area contributed by atoms with E-state index < -0.39 is 12.2 Å². The summed E-state index contributed by atoms with van der Waals surface area (Å²) >= 11 is 0. The summed E-state index contributed by atoms with van der Waals surface area (Å²) in [6.07, 6.45) is 1.74. The Bertz CT molecular complexity index is 1080. The molecule has 1 heterocycles. The molecule has 3 aromatic rings. The lowest BCUT2D eigenvalue weighted by Gasteiger charge is -2.29. The normalized spacial score (nSPS) is 17.8. The number of nitrogens with one attached hydrogen (secondary N) is 1. The smallest absolute Gasteiger partial charge is 0.290 e. The molecule has 0 saturated carbocycles. The second-order valence-corrected chi connectivity index (χ2v) is 7.59. The number of carbonyl (C=O) groups excluding carboxylic acids is 1. The summed E-state index contributed by atoms with van der Waals surface area (Å²) < 4.78 is 11.9. The fraction of sp³-hybridized carbons (Fsp3) is 0.192. The van der Waals surface area contributed by atoms with Crippen molar-refractivity contribution in [2.75, 3.05) is 5.32 Å². The van der Waals surface area contributed by atoms with Crippen molar-refractivity contribution < 1.29 is 24.5 Å². The van der Waals surface area contributed by atoms with Crippen LogP contribution in [0.5, 0.6) is 5.75 Å². The molecule has 3 aromatic carbocycles. The molecule has 0 bridgehead atoms. The van der Waals surface area contributed by atoms with Gasteiger partial charge in [0.1, 0.15) is 5.75 Å². The predicted molar refractivity (Wildman–Crippen MR) is 121 cm³/mol. The SMILES string of the molecule is O=C(Nc1ccccc1O)C1=C[C@H](c2ccccc2)C[C@H](OCc2ccc(CO)cc2)O1. The summed E-state index contributed by atoms with van der Waals surface area (Å²) in [6.45, 7) is 0.304. The number of allylic oxidation sites excluding steroid dienone is 1. The van der Waals surface area contributed by atoms with E-state index in [0.717, 1.165) is 16.7 Å².